The molecular weight excluding hydrogens is 192 g/mol. The molecule has 0 spiro atoms. The average molecular weight is 208 g/mol. The average Bonchev–Trinajstić information content (AvgIpc) is 2.99. The molecule has 1 aliphatic rings. The molecule has 1 aliphatic carbocycles. The second kappa shape index (κ2) is 4.02. The number of aromatic nitrogens is 2. The van der Waals surface area contributed by atoms with E-state index >= 15 is 0 Å². The van der Waals surface area contributed by atoms with Crippen LogP contribution in [0.2, 0.25) is 0 Å². The minimum Gasteiger partial charge on any atom is -0.366 e. The second-order valence-corrected chi connectivity index (χ2v) is 4.07. The van der Waals surface area contributed by atoms with Gasteiger partial charge in [0.1, 0.15) is 11.6 Å². The summed E-state index contributed by atoms with van der Waals surface area (Å²) >= 11 is 0. The first-order valence-corrected chi connectivity index (χ1v) is 5.27. The van der Waals surface area contributed by atoms with Crippen molar-refractivity contribution in [3.63, 3.8) is 0 Å². The number of nitrogens with zero attached hydrogens (tertiary/aromatic N) is 1. The summed E-state index contributed by atoms with van der Waals surface area (Å²) < 4.78 is 0. The molecule has 0 radical (unpaired) electrons. The van der Waals surface area contributed by atoms with Crippen molar-refractivity contribution in [2.75, 3.05) is 11.9 Å². The molecule has 1 aromatic rings. The molecule has 0 aliphatic heterocycles. The van der Waals surface area contributed by atoms with E-state index in [0.29, 0.717) is 18.3 Å². The highest BCUT2D eigenvalue weighted by Crippen LogP contribution is 2.37. The molecule has 15 heavy (non-hydrogen) atoms. The zero-order chi connectivity index (χ0) is 10.8. The molecule has 4 N–H and O–H groups in total. The second-order valence-electron chi connectivity index (χ2n) is 4.07. The maximum Gasteiger partial charge on any atom is 0.252 e. The molecular formula is C10H16N4O. The van der Waals surface area contributed by atoms with Gasteiger partial charge in [-0.1, -0.05) is 0 Å². The van der Waals surface area contributed by atoms with Crippen LogP contribution in [0.4, 0.5) is 5.82 Å². The van der Waals surface area contributed by atoms with Crippen LogP contribution in [-0.4, -0.2) is 22.6 Å². The van der Waals surface area contributed by atoms with Gasteiger partial charge in [0.25, 0.3) is 5.56 Å². The lowest BCUT2D eigenvalue weighted by Gasteiger charge is -2.12. The van der Waals surface area contributed by atoms with Crippen molar-refractivity contribution < 1.29 is 0 Å². The van der Waals surface area contributed by atoms with Gasteiger partial charge in [-0.2, -0.15) is 0 Å². The van der Waals surface area contributed by atoms with E-state index in [1.165, 1.54) is 6.07 Å². The third kappa shape index (κ3) is 2.56. The molecule has 5 nitrogen and oxygen atoms in total. The highest BCUT2D eigenvalue weighted by molar-refractivity contribution is 5.35. The van der Waals surface area contributed by atoms with E-state index < -0.39 is 0 Å². The molecule has 1 aromatic heterocycles. The van der Waals surface area contributed by atoms with Crippen molar-refractivity contribution >= 4 is 5.82 Å². The van der Waals surface area contributed by atoms with Gasteiger partial charge in [0.15, 0.2) is 0 Å². The Bertz CT molecular complexity index is 397. The molecule has 82 valence electrons. The molecule has 1 unspecified atom stereocenters. The fourth-order valence-electron chi connectivity index (χ4n) is 1.41. The summed E-state index contributed by atoms with van der Waals surface area (Å²) in [5.74, 6) is 1.88. The summed E-state index contributed by atoms with van der Waals surface area (Å²) in [6, 6.07) is 1.60. The number of H-pyrrole nitrogens is 1. The smallest absolute Gasteiger partial charge is 0.252 e. The van der Waals surface area contributed by atoms with E-state index in [9.17, 15) is 4.79 Å². The van der Waals surface area contributed by atoms with Gasteiger partial charge < -0.3 is 16.0 Å². The van der Waals surface area contributed by atoms with E-state index in [2.05, 4.69) is 15.3 Å². The Morgan fingerprint density at radius 2 is 2.47 bits per heavy atom. The molecule has 1 saturated carbocycles. The highest BCUT2D eigenvalue weighted by Gasteiger charge is 2.26. The summed E-state index contributed by atoms with van der Waals surface area (Å²) in [7, 11) is 0. The predicted molar refractivity (Wildman–Crippen MR) is 59.0 cm³/mol. The minimum atomic E-state index is -0.0985. The first-order valence-electron chi connectivity index (χ1n) is 5.27. The van der Waals surface area contributed by atoms with Gasteiger partial charge in [0.05, 0.1) is 0 Å². The third-order valence-corrected chi connectivity index (χ3v) is 2.47. The van der Waals surface area contributed by atoms with Crippen LogP contribution in [-0.2, 0) is 0 Å². The lowest BCUT2D eigenvalue weighted by atomic mass is 10.3. The standard InChI is InChI=1S/C10H16N4O/c1-6(5-11)12-8-4-9(15)14-10(13-8)7-2-3-7/h4,6-7H,2-3,5,11H2,1H3,(H2,12,13,14,15). The largest absolute Gasteiger partial charge is 0.366 e. The van der Waals surface area contributed by atoms with Crippen LogP contribution in [0, 0.1) is 0 Å². The normalized spacial score (nSPS) is 17.5. The molecule has 5 heteroatoms. The van der Waals surface area contributed by atoms with Crippen LogP contribution in [0.15, 0.2) is 10.9 Å². The summed E-state index contributed by atoms with van der Waals surface area (Å²) in [5, 5.41) is 3.10. The molecule has 0 aromatic carbocycles. The van der Waals surface area contributed by atoms with Crippen LogP contribution >= 0.6 is 0 Å². The number of nitrogens with two attached hydrogens (primary N) is 1. The van der Waals surface area contributed by atoms with Crippen LogP contribution in [0.3, 0.4) is 0 Å². The lowest BCUT2D eigenvalue weighted by Crippen LogP contribution is -2.27. The van der Waals surface area contributed by atoms with Gasteiger partial charge in [-0.25, -0.2) is 4.98 Å². The van der Waals surface area contributed by atoms with Gasteiger partial charge in [0, 0.05) is 24.6 Å². The lowest BCUT2D eigenvalue weighted by molar-refractivity contribution is 0.790. The first kappa shape index (κ1) is 10.2. The van der Waals surface area contributed by atoms with Crippen LogP contribution in [0.25, 0.3) is 0 Å². The van der Waals surface area contributed by atoms with E-state index in [1.807, 2.05) is 6.92 Å². The van der Waals surface area contributed by atoms with Crippen molar-refractivity contribution in [2.45, 2.75) is 31.7 Å². The Balaban J connectivity index is 2.19. The Labute approximate surface area is 88.1 Å². The number of nitrogens with one attached hydrogen (secondary N) is 2. The zero-order valence-corrected chi connectivity index (χ0v) is 8.79. The van der Waals surface area contributed by atoms with Gasteiger partial charge in [-0.05, 0) is 19.8 Å². The summed E-state index contributed by atoms with van der Waals surface area (Å²) in [6.45, 7) is 2.48. The van der Waals surface area contributed by atoms with Crippen molar-refractivity contribution in [3.05, 3.63) is 22.2 Å². The van der Waals surface area contributed by atoms with Gasteiger partial charge in [0.2, 0.25) is 0 Å². The Morgan fingerprint density at radius 1 is 1.73 bits per heavy atom. The molecule has 1 heterocycles. The number of aromatic amines is 1. The monoisotopic (exact) mass is 208 g/mol. The molecule has 0 saturated heterocycles. The molecule has 0 bridgehead atoms. The van der Waals surface area contributed by atoms with E-state index in [0.717, 1.165) is 18.7 Å². The maximum absolute atomic E-state index is 11.3. The third-order valence-electron chi connectivity index (χ3n) is 2.47. The number of hydrogen-bond donors (Lipinski definition) is 3. The quantitative estimate of drug-likeness (QED) is 0.669. The molecule has 1 atom stereocenters. The number of hydrogen-bond acceptors (Lipinski definition) is 4. The zero-order valence-electron chi connectivity index (χ0n) is 8.79. The van der Waals surface area contributed by atoms with Crippen LogP contribution in [0.1, 0.15) is 31.5 Å². The summed E-state index contributed by atoms with van der Waals surface area (Å²) in [4.78, 5) is 18.5. The Kier molecular flexibility index (Phi) is 2.73. The van der Waals surface area contributed by atoms with Crippen LogP contribution in [0.5, 0.6) is 0 Å². The molecule has 1 fully saturated rings. The Hall–Kier alpha value is -1.36. The summed E-state index contributed by atoms with van der Waals surface area (Å²) in [6.07, 6.45) is 2.25. The maximum atomic E-state index is 11.3. The topological polar surface area (TPSA) is 83.8 Å². The SMILES string of the molecule is CC(CN)Nc1cc(=O)[nH]c(C2CC2)n1. The molecule has 0 amide bonds. The van der Waals surface area contributed by atoms with E-state index in [4.69, 9.17) is 5.73 Å². The number of anilines is 1. The van der Waals surface area contributed by atoms with Crippen molar-refractivity contribution in [2.24, 2.45) is 5.73 Å². The van der Waals surface area contributed by atoms with Crippen LogP contribution < -0.4 is 16.6 Å². The van der Waals surface area contributed by atoms with Gasteiger partial charge >= 0.3 is 0 Å². The van der Waals surface area contributed by atoms with Gasteiger partial charge in [-0.3, -0.25) is 4.79 Å². The highest BCUT2D eigenvalue weighted by atomic mass is 16.1. The van der Waals surface area contributed by atoms with E-state index in [1.54, 1.807) is 0 Å². The van der Waals surface area contributed by atoms with Crippen molar-refractivity contribution in [1.29, 1.82) is 0 Å². The van der Waals surface area contributed by atoms with E-state index in [-0.39, 0.29) is 11.6 Å². The minimum absolute atomic E-state index is 0.0985. The van der Waals surface area contributed by atoms with Gasteiger partial charge in [-0.15, -0.1) is 0 Å². The molecule has 2 rings (SSSR count). The first-order chi connectivity index (χ1) is 7.19. The number of rotatable bonds is 4. The predicted octanol–water partition coefficient (Wildman–Crippen LogP) is 0.406. The fourth-order valence-corrected chi connectivity index (χ4v) is 1.41. The Morgan fingerprint density at radius 3 is 3.07 bits per heavy atom. The van der Waals surface area contributed by atoms with Crippen molar-refractivity contribution in [1.82, 2.24) is 9.97 Å². The van der Waals surface area contributed by atoms with Crippen molar-refractivity contribution in [3.8, 4) is 0 Å². The fraction of sp³-hybridized carbons (Fsp3) is 0.600. The summed E-state index contributed by atoms with van der Waals surface area (Å²) in [5.41, 5.74) is 5.39.